The minimum absolute atomic E-state index is 0.0665. The number of unbranched alkanes of at least 4 members (excludes halogenated alkanes) is 38. The molecule has 0 amide bonds. The van der Waals surface area contributed by atoms with E-state index < -0.39 is 6.10 Å². The first-order valence-electron chi connectivity index (χ1n) is 31.5. The average molecular weight is 1010 g/mol. The van der Waals surface area contributed by atoms with Crippen LogP contribution in [0.25, 0.3) is 0 Å². The Bertz CT molecular complexity index is 1270. The van der Waals surface area contributed by atoms with Gasteiger partial charge in [-0.25, -0.2) is 0 Å². The van der Waals surface area contributed by atoms with Crippen LogP contribution in [0, 0.1) is 0 Å². The van der Waals surface area contributed by atoms with Crippen LogP contribution in [0.2, 0.25) is 0 Å². The Morgan fingerprint density at radius 2 is 0.556 bits per heavy atom. The first-order valence-corrected chi connectivity index (χ1v) is 31.5. The Labute approximate surface area is 448 Å². The van der Waals surface area contributed by atoms with Crippen molar-refractivity contribution in [3.63, 3.8) is 0 Å². The van der Waals surface area contributed by atoms with Crippen LogP contribution in [0.15, 0.2) is 72.9 Å². The molecule has 0 fully saturated rings. The topological polar surface area (TPSA) is 72.8 Å². The van der Waals surface area contributed by atoms with E-state index in [1.54, 1.807) is 0 Å². The van der Waals surface area contributed by atoms with Crippen LogP contribution in [0.5, 0.6) is 0 Å². The van der Waals surface area contributed by atoms with Crippen molar-refractivity contribution in [2.75, 3.05) is 13.2 Å². The Hall–Kier alpha value is -2.66. The number of ether oxygens (including phenoxy) is 2. The summed E-state index contributed by atoms with van der Waals surface area (Å²) >= 11 is 0. The molecule has 0 saturated heterocycles. The highest BCUT2D eigenvalue weighted by molar-refractivity contribution is 5.70. The molecule has 0 aliphatic carbocycles. The van der Waals surface area contributed by atoms with Crippen molar-refractivity contribution >= 4 is 11.9 Å². The molecule has 0 aromatic carbocycles. The van der Waals surface area contributed by atoms with Gasteiger partial charge in [-0.1, -0.05) is 292 Å². The van der Waals surface area contributed by atoms with Crippen LogP contribution in [-0.2, 0) is 19.1 Å². The van der Waals surface area contributed by atoms with Crippen molar-refractivity contribution in [1.82, 2.24) is 0 Å². The molecule has 0 aromatic rings. The third-order valence-electron chi connectivity index (χ3n) is 14.0. The zero-order chi connectivity index (χ0) is 52.0. The van der Waals surface area contributed by atoms with Gasteiger partial charge < -0.3 is 14.6 Å². The van der Waals surface area contributed by atoms with Crippen molar-refractivity contribution in [2.45, 2.75) is 328 Å². The molecule has 0 spiro atoms. The summed E-state index contributed by atoms with van der Waals surface area (Å²) in [4.78, 5) is 24.6. The van der Waals surface area contributed by atoms with Gasteiger partial charge in [-0.3, -0.25) is 9.59 Å². The van der Waals surface area contributed by atoms with Gasteiger partial charge >= 0.3 is 11.9 Å². The van der Waals surface area contributed by atoms with Crippen molar-refractivity contribution < 1.29 is 24.2 Å². The van der Waals surface area contributed by atoms with Crippen LogP contribution in [0.3, 0.4) is 0 Å². The van der Waals surface area contributed by atoms with E-state index in [0.29, 0.717) is 12.8 Å². The lowest BCUT2D eigenvalue weighted by Gasteiger charge is -2.15. The molecule has 0 aliphatic heterocycles. The Morgan fingerprint density at radius 3 is 0.833 bits per heavy atom. The molecule has 0 saturated carbocycles. The number of rotatable bonds is 58. The molecule has 0 radical (unpaired) electrons. The molecule has 1 N–H and O–H groups in total. The molecule has 1 atom stereocenters. The van der Waals surface area contributed by atoms with Crippen LogP contribution in [-0.4, -0.2) is 36.4 Å². The summed E-state index contributed by atoms with van der Waals surface area (Å²) in [6.45, 7) is 4.15. The minimum Gasteiger partial charge on any atom is -0.462 e. The van der Waals surface area contributed by atoms with Gasteiger partial charge in [0.1, 0.15) is 6.61 Å². The monoisotopic (exact) mass is 1000 g/mol. The van der Waals surface area contributed by atoms with Crippen molar-refractivity contribution in [3.8, 4) is 0 Å². The molecule has 0 rings (SSSR count). The molecule has 72 heavy (non-hydrogen) atoms. The molecule has 5 nitrogen and oxygen atoms in total. The number of hydrogen-bond donors (Lipinski definition) is 1. The molecular weight excluding hydrogens is 885 g/mol. The second-order valence-electron chi connectivity index (χ2n) is 21.1. The number of aliphatic hydroxyl groups excluding tert-OH is 1. The third kappa shape index (κ3) is 59.9. The first kappa shape index (κ1) is 69.3. The fraction of sp³-hybridized carbons (Fsp3) is 0.791. The van der Waals surface area contributed by atoms with Crippen molar-refractivity contribution in [1.29, 1.82) is 0 Å². The molecule has 0 aromatic heterocycles. The van der Waals surface area contributed by atoms with Crippen LogP contribution in [0.4, 0.5) is 0 Å². The highest BCUT2D eigenvalue weighted by Crippen LogP contribution is 2.17. The Kier molecular flexibility index (Phi) is 60.3. The summed E-state index contributed by atoms with van der Waals surface area (Å²) in [6.07, 6.45) is 86.1. The highest BCUT2D eigenvalue weighted by Gasteiger charge is 2.16. The van der Waals surface area contributed by atoms with E-state index in [1.807, 2.05) is 0 Å². The zero-order valence-corrected chi connectivity index (χ0v) is 47.9. The summed E-state index contributed by atoms with van der Waals surface area (Å²) in [5.41, 5.74) is 0. The summed E-state index contributed by atoms with van der Waals surface area (Å²) in [7, 11) is 0. The lowest BCUT2D eigenvalue weighted by molar-refractivity contribution is -0.161. The summed E-state index contributed by atoms with van der Waals surface area (Å²) < 4.78 is 10.7. The average Bonchev–Trinajstić information content (AvgIpc) is 3.38. The van der Waals surface area contributed by atoms with Crippen molar-refractivity contribution in [3.05, 3.63) is 72.9 Å². The molecule has 418 valence electrons. The first-order chi connectivity index (χ1) is 35.6. The predicted molar refractivity (Wildman–Crippen MR) is 316 cm³/mol. The van der Waals surface area contributed by atoms with E-state index in [0.717, 1.165) is 64.2 Å². The quantitative estimate of drug-likeness (QED) is 0.0373. The number of allylic oxidation sites excluding steroid dienone is 12. The van der Waals surface area contributed by atoms with E-state index in [9.17, 15) is 14.7 Å². The maximum atomic E-state index is 12.3. The lowest BCUT2D eigenvalue weighted by atomic mass is 10.0. The maximum Gasteiger partial charge on any atom is 0.306 e. The van der Waals surface area contributed by atoms with E-state index in [-0.39, 0.29) is 25.2 Å². The Morgan fingerprint density at radius 1 is 0.319 bits per heavy atom. The predicted octanol–water partition coefficient (Wildman–Crippen LogP) is 21.5. The second-order valence-corrected chi connectivity index (χ2v) is 21.1. The van der Waals surface area contributed by atoms with Gasteiger partial charge in [-0.05, 0) is 89.9 Å². The van der Waals surface area contributed by atoms with Gasteiger partial charge in [0, 0.05) is 12.8 Å². The third-order valence-corrected chi connectivity index (χ3v) is 14.0. The van der Waals surface area contributed by atoms with Gasteiger partial charge in [-0.2, -0.15) is 0 Å². The standard InChI is InChI=1S/C67H120O5/c1-3-5-7-9-11-13-15-17-19-21-23-25-27-29-31-32-33-34-36-38-40-42-44-46-48-50-52-54-56-58-60-62-67(70)72-65(63-68)64-71-66(69)61-59-57-55-53-51-49-47-45-43-41-39-37-35-30-28-26-24-22-20-18-16-14-12-10-8-6-4-2/h15-18,21-24,27-30,65,68H,3-14,19-20,25-26,31-64H2,1-2H3/b17-15-,18-16-,23-21-,24-22-,29-27-,30-28-. The number of hydrogen-bond acceptors (Lipinski definition) is 5. The largest absolute Gasteiger partial charge is 0.462 e. The molecule has 0 aliphatic rings. The van der Waals surface area contributed by atoms with Gasteiger partial charge in [0.2, 0.25) is 0 Å². The maximum absolute atomic E-state index is 12.3. The SMILES string of the molecule is CCCCCCC/C=C\C/C=C\C/C=C\CCCCCCCCCCCCCCCCCCC(=O)OC(CO)COC(=O)CCCCCCCCCCCCCC/C=C\C/C=C\C/C=C\CCCCCCC. The van der Waals surface area contributed by atoms with Crippen LogP contribution >= 0.6 is 0 Å². The molecule has 1 unspecified atom stereocenters. The van der Waals surface area contributed by atoms with E-state index in [4.69, 9.17) is 9.47 Å². The molecule has 0 bridgehead atoms. The highest BCUT2D eigenvalue weighted by atomic mass is 16.6. The van der Waals surface area contributed by atoms with Gasteiger partial charge in [0.15, 0.2) is 6.10 Å². The van der Waals surface area contributed by atoms with Gasteiger partial charge in [-0.15, -0.1) is 0 Å². The number of aliphatic hydroxyl groups is 1. The lowest BCUT2D eigenvalue weighted by Crippen LogP contribution is -2.28. The fourth-order valence-corrected chi connectivity index (χ4v) is 9.22. The van der Waals surface area contributed by atoms with Crippen LogP contribution in [0.1, 0.15) is 322 Å². The van der Waals surface area contributed by atoms with E-state index in [2.05, 4.69) is 86.8 Å². The summed E-state index contributed by atoms with van der Waals surface area (Å²) in [5, 5.41) is 9.68. The Balaban J connectivity index is 3.46. The van der Waals surface area contributed by atoms with E-state index >= 15 is 0 Å². The van der Waals surface area contributed by atoms with E-state index in [1.165, 1.54) is 231 Å². The summed E-state index contributed by atoms with van der Waals surface area (Å²) in [6, 6.07) is 0. The number of carbonyl (C=O) groups is 2. The molecule has 5 heteroatoms. The fourth-order valence-electron chi connectivity index (χ4n) is 9.22. The minimum atomic E-state index is -0.776. The van der Waals surface area contributed by atoms with Gasteiger partial charge in [0.05, 0.1) is 6.61 Å². The molecule has 0 heterocycles. The number of esters is 2. The van der Waals surface area contributed by atoms with Gasteiger partial charge in [0.25, 0.3) is 0 Å². The normalized spacial score (nSPS) is 12.7. The zero-order valence-electron chi connectivity index (χ0n) is 47.9. The van der Waals surface area contributed by atoms with Crippen molar-refractivity contribution in [2.24, 2.45) is 0 Å². The smallest absolute Gasteiger partial charge is 0.306 e. The second kappa shape index (κ2) is 62.6. The number of carbonyl (C=O) groups excluding carboxylic acids is 2. The molecular formula is C67H120O5. The van der Waals surface area contributed by atoms with Crippen LogP contribution < -0.4 is 0 Å². The summed E-state index contributed by atoms with van der Waals surface area (Å²) in [5.74, 6) is -0.582.